The third-order valence-electron chi connectivity index (χ3n) is 8.83. The van der Waals surface area contributed by atoms with Gasteiger partial charge in [-0.3, -0.25) is 4.79 Å². The lowest BCUT2D eigenvalue weighted by Crippen LogP contribution is -2.38. The Kier molecular flexibility index (Phi) is 11.5. The third kappa shape index (κ3) is 8.00. The third-order valence-corrected chi connectivity index (χ3v) is 8.83. The minimum atomic E-state index is -0.419. The monoisotopic (exact) mass is 695 g/mol. The van der Waals surface area contributed by atoms with E-state index in [-0.39, 0.29) is 32.3 Å². The molecule has 12 heteroatoms. The van der Waals surface area contributed by atoms with Gasteiger partial charge in [-0.2, -0.15) is 0 Å². The summed E-state index contributed by atoms with van der Waals surface area (Å²) in [4.78, 5) is 12.6. The number of nitrogens with zero attached hydrogens (tertiary/aromatic N) is 1. The van der Waals surface area contributed by atoms with Crippen molar-refractivity contribution in [3.63, 3.8) is 0 Å². The summed E-state index contributed by atoms with van der Waals surface area (Å²) >= 11 is 0. The second-order valence-corrected chi connectivity index (χ2v) is 12.1. The van der Waals surface area contributed by atoms with Crippen molar-refractivity contribution < 1.29 is 44.0 Å². The molecule has 4 aromatic carbocycles. The number of benzene rings is 4. The van der Waals surface area contributed by atoms with Crippen LogP contribution in [0.3, 0.4) is 0 Å². The number of ether oxygens (including phenoxy) is 3. The van der Waals surface area contributed by atoms with Gasteiger partial charge in [0.2, 0.25) is 0 Å². The molecule has 0 saturated carbocycles. The van der Waals surface area contributed by atoms with E-state index in [1.165, 1.54) is 0 Å². The Balaban J connectivity index is 1.01. The van der Waals surface area contributed by atoms with E-state index < -0.39 is 6.17 Å². The van der Waals surface area contributed by atoms with E-state index in [9.17, 15) is 25.2 Å². The van der Waals surface area contributed by atoms with E-state index in [2.05, 4.69) is 15.8 Å². The number of aliphatic hydroxyl groups is 4. The SMILES string of the molecule is COc1ccc(-c2cc(-c3cc(CO)c(CO)c(CO)c3)on2)cc1OCCCCCOc1ccc(C2NC(=O)c3ccccc3N2)cc1CO. The zero-order valence-electron chi connectivity index (χ0n) is 28.2. The Morgan fingerprint density at radius 3 is 2.12 bits per heavy atom. The van der Waals surface area contributed by atoms with E-state index in [1.54, 1.807) is 37.4 Å². The summed E-state index contributed by atoms with van der Waals surface area (Å²) < 4.78 is 23.2. The summed E-state index contributed by atoms with van der Waals surface area (Å²) in [5.74, 6) is 2.04. The molecule has 2 heterocycles. The highest BCUT2D eigenvalue weighted by Gasteiger charge is 2.25. The fourth-order valence-corrected chi connectivity index (χ4v) is 6.08. The second kappa shape index (κ2) is 16.5. The smallest absolute Gasteiger partial charge is 0.255 e. The van der Waals surface area contributed by atoms with Crippen LogP contribution in [0.1, 0.15) is 63.6 Å². The Morgan fingerprint density at radius 2 is 1.41 bits per heavy atom. The van der Waals surface area contributed by atoms with Crippen LogP contribution >= 0.6 is 0 Å². The number of fused-ring (bicyclic) bond motifs is 1. The molecule has 0 radical (unpaired) electrons. The highest BCUT2D eigenvalue weighted by Crippen LogP contribution is 2.35. The van der Waals surface area contributed by atoms with Crippen LogP contribution in [0.4, 0.5) is 5.69 Å². The number of carbonyl (C=O) groups is 1. The Bertz CT molecular complexity index is 1950. The molecular weight excluding hydrogens is 654 g/mol. The molecule has 5 aromatic rings. The van der Waals surface area contributed by atoms with Gasteiger partial charge in [0.25, 0.3) is 5.91 Å². The van der Waals surface area contributed by atoms with Gasteiger partial charge in [0, 0.05) is 28.4 Å². The zero-order valence-corrected chi connectivity index (χ0v) is 28.2. The summed E-state index contributed by atoms with van der Waals surface area (Å²) in [5.41, 5.74) is 6.25. The number of hydrogen-bond donors (Lipinski definition) is 6. The van der Waals surface area contributed by atoms with Gasteiger partial charge in [-0.25, -0.2) is 0 Å². The summed E-state index contributed by atoms with van der Waals surface area (Å²) in [7, 11) is 1.58. The molecule has 6 N–H and O–H groups in total. The number of unbranched alkanes of at least 4 members (excludes halogenated alkanes) is 2. The Labute approximate surface area is 295 Å². The van der Waals surface area contributed by atoms with Crippen LogP contribution in [0.25, 0.3) is 22.6 Å². The number of methoxy groups -OCH3 is 1. The molecule has 1 amide bonds. The first-order valence-electron chi connectivity index (χ1n) is 16.7. The second-order valence-electron chi connectivity index (χ2n) is 12.1. The normalized spacial score (nSPS) is 13.7. The highest BCUT2D eigenvalue weighted by atomic mass is 16.5. The number of anilines is 1. The molecule has 1 aliphatic rings. The average molecular weight is 696 g/mol. The first kappa shape index (κ1) is 35.4. The van der Waals surface area contributed by atoms with Gasteiger partial charge in [-0.15, -0.1) is 0 Å². The minimum Gasteiger partial charge on any atom is -0.493 e. The van der Waals surface area contributed by atoms with Crippen molar-refractivity contribution in [1.82, 2.24) is 10.5 Å². The van der Waals surface area contributed by atoms with Crippen molar-refractivity contribution in [2.45, 2.75) is 51.9 Å². The molecule has 0 spiro atoms. The number of rotatable bonds is 16. The maximum absolute atomic E-state index is 12.6. The van der Waals surface area contributed by atoms with E-state index in [0.29, 0.717) is 75.3 Å². The molecule has 266 valence electrons. The molecule has 12 nitrogen and oxygen atoms in total. The molecule has 6 rings (SSSR count). The van der Waals surface area contributed by atoms with Gasteiger partial charge in [0.1, 0.15) is 17.6 Å². The molecule has 51 heavy (non-hydrogen) atoms. The van der Waals surface area contributed by atoms with Crippen molar-refractivity contribution in [3.8, 4) is 39.8 Å². The van der Waals surface area contributed by atoms with Crippen LogP contribution in [0.15, 0.2) is 83.4 Å². The predicted octanol–water partition coefficient (Wildman–Crippen LogP) is 5.47. The first-order chi connectivity index (χ1) is 25.0. The van der Waals surface area contributed by atoms with Gasteiger partial charge in [-0.1, -0.05) is 23.4 Å². The average Bonchev–Trinajstić information content (AvgIpc) is 3.67. The molecule has 1 atom stereocenters. The molecule has 0 saturated heterocycles. The fourth-order valence-electron chi connectivity index (χ4n) is 6.08. The summed E-state index contributed by atoms with van der Waals surface area (Å²) in [5, 5.41) is 49.8. The maximum atomic E-state index is 12.6. The molecular formula is C39H41N3O9. The zero-order chi connectivity index (χ0) is 35.7. The van der Waals surface area contributed by atoms with Crippen LogP contribution in [0.2, 0.25) is 0 Å². The van der Waals surface area contributed by atoms with Crippen LogP contribution in [0.5, 0.6) is 17.2 Å². The van der Waals surface area contributed by atoms with Gasteiger partial charge >= 0.3 is 0 Å². The van der Waals surface area contributed by atoms with Crippen LogP contribution in [0, 0.1) is 0 Å². The summed E-state index contributed by atoms with van der Waals surface area (Å²) in [6.07, 6.45) is 1.98. The molecule has 0 fully saturated rings. The number of hydrogen-bond acceptors (Lipinski definition) is 11. The lowest BCUT2D eigenvalue weighted by Gasteiger charge is -2.28. The van der Waals surface area contributed by atoms with Crippen molar-refractivity contribution >= 4 is 11.6 Å². The van der Waals surface area contributed by atoms with E-state index in [4.69, 9.17) is 18.7 Å². The van der Waals surface area contributed by atoms with Gasteiger partial charge < -0.3 is 49.8 Å². The van der Waals surface area contributed by atoms with E-state index in [1.807, 2.05) is 48.5 Å². The number of para-hydroxylation sites is 1. The van der Waals surface area contributed by atoms with Gasteiger partial charge in [0.05, 0.1) is 52.3 Å². The Hall–Kier alpha value is -5.40. The van der Waals surface area contributed by atoms with Gasteiger partial charge in [0.15, 0.2) is 17.3 Å². The number of aromatic nitrogens is 1. The van der Waals surface area contributed by atoms with Crippen molar-refractivity contribution in [2.75, 3.05) is 25.6 Å². The summed E-state index contributed by atoms with van der Waals surface area (Å²) in [6.45, 7) is -0.157. The number of aliphatic hydroxyl groups excluding tert-OH is 4. The lowest BCUT2D eigenvalue weighted by molar-refractivity contribution is 0.0935. The molecule has 1 aliphatic heterocycles. The molecule has 1 aromatic heterocycles. The Morgan fingerprint density at radius 1 is 0.706 bits per heavy atom. The molecule has 0 aliphatic carbocycles. The standard InChI is InChI=1S/C39H41N3O9/c1-48-35-12-9-24(33-19-36(51-42-33)26-16-27(20-43)31(23-46)28(17-26)21-44)18-37(35)50-14-6-2-5-13-49-34-11-10-25(15-29(34)22-45)38-40-32-8-4-3-7-30(32)39(47)41-38/h3-4,7-12,15-19,38,40,43-46H,2,5-6,13-14,20-23H2,1H3,(H,41,47). The minimum absolute atomic E-state index is 0.154. The highest BCUT2D eigenvalue weighted by molar-refractivity contribution is 6.01. The number of nitrogens with one attached hydrogen (secondary N) is 2. The van der Waals surface area contributed by atoms with Crippen LogP contribution < -0.4 is 24.8 Å². The largest absolute Gasteiger partial charge is 0.493 e. The van der Waals surface area contributed by atoms with Gasteiger partial charge in [-0.05, 0) is 96.1 Å². The van der Waals surface area contributed by atoms with Crippen LogP contribution in [-0.4, -0.2) is 51.8 Å². The van der Waals surface area contributed by atoms with Crippen LogP contribution in [-0.2, 0) is 26.4 Å². The maximum Gasteiger partial charge on any atom is 0.255 e. The fraction of sp³-hybridized carbons (Fsp3) is 0.282. The lowest BCUT2D eigenvalue weighted by atomic mass is 9.97. The topological polar surface area (TPSA) is 176 Å². The van der Waals surface area contributed by atoms with E-state index in [0.717, 1.165) is 36.1 Å². The number of carbonyl (C=O) groups excluding carboxylic acids is 1. The van der Waals surface area contributed by atoms with Crippen molar-refractivity contribution in [3.05, 3.63) is 112 Å². The van der Waals surface area contributed by atoms with Crippen molar-refractivity contribution in [2.24, 2.45) is 0 Å². The molecule has 1 unspecified atom stereocenters. The summed E-state index contributed by atoms with van der Waals surface area (Å²) in [6, 6.07) is 23.6. The molecule has 0 bridgehead atoms. The van der Waals surface area contributed by atoms with E-state index >= 15 is 0 Å². The predicted molar refractivity (Wildman–Crippen MR) is 189 cm³/mol. The number of amides is 1. The first-order valence-corrected chi connectivity index (χ1v) is 16.7. The quantitative estimate of drug-likeness (QED) is 0.0723. The van der Waals surface area contributed by atoms with Crippen molar-refractivity contribution in [1.29, 1.82) is 0 Å².